The number of aryl methyl sites for hydroxylation is 2. The van der Waals surface area contributed by atoms with Crippen LogP contribution in [0, 0.1) is 0 Å². The molecule has 3 rings (SSSR count). The molecule has 2 aromatic rings. The van der Waals surface area contributed by atoms with Crippen LogP contribution in [0.2, 0.25) is 0 Å². The van der Waals surface area contributed by atoms with Crippen molar-refractivity contribution in [1.29, 1.82) is 0 Å². The molecule has 2 nitrogen and oxygen atoms in total. The molecule has 0 aliphatic carbocycles. The van der Waals surface area contributed by atoms with Gasteiger partial charge in [-0.1, -0.05) is 6.08 Å². The Morgan fingerprint density at radius 3 is 1.76 bits per heavy atom. The molecule has 1 aliphatic rings. The van der Waals surface area contributed by atoms with E-state index in [1.54, 1.807) is 6.08 Å². The molecular weight excluding hydrogens is 208 g/mol. The zero-order valence-corrected chi connectivity index (χ0v) is 10.2. The molecule has 3 heterocycles. The Bertz CT molecular complexity index is 472. The fraction of sp³-hybridized carbons (Fsp3) is 0.200. The molecule has 86 valence electrons. The largest absolute Gasteiger partial charge is 0.277 e. The van der Waals surface area contributed by atoms with Crippen molar-refractivity contribution < 1.29 is 9.13 Å². The van der Waals surface area contributed by atoms with E-state index in [9.17, 15) is 0 Å². The molecule has 0 spiro atoms. The summed E-state index contributed by atoms with van der Waals surface area (Å²) in [6, 6.07) is 12.7. The fourth-order valence-corrected chi connectivity index (χ4v) is 2.02. The maximum atomic E-state index is 3.36. The summed E-state index contributed by atoms with van der Waals surface area (Å²) in [4.78, 5) is 0. The van der Waals surface area contributed by atoms with Crippen molar-refractivity contribution in [2.45, 2.75) is 20.0 Å². The van der Waals surface area contributed by atoms with Crippen LogP contribution in [0.15, 0.2) is 61.4 Å². The van der Waals surface area contributed by atoms with Crippen LogP contribution in [0.25, 0.3) is 11.4 Å². The molecule has 0 bridgehead atoms. The summed E-state index contributed by atoms with van der Waals surface area (Å²) in [6.45, 7) is 7.38. The molecule has 1 aliphatic heterocycles. The molecule has 0 saturated carbocycles. The van der Waals surface area contributed by atoms with Crippen molar-refractivity contribution in [3.05, 3.63) is 61.4 Å². The molecular formula is C15H18N2+2. The SMILES string of the molecule is C=CC.c1cc[n+]2c(c1)-c1cccc[n+]1CC2. The first-order valence-electron chi connectivity index (χ1n) is 5.91. The van der Waals surface area contributed by atoms with Gasteiger partial charge in [-0.05, 0) is 19.1 Å². The second-order valence-corrected chi connectivity index (χ2v) is 3.97. The average molecular weight is 226 g/mol. The number of rotatable bonds is 0. The summed E-state index contributed by atoms with van der Waals surface area (Å²) < 4.78 is 4.60. The Morgan fingerprint density at radius 1 is 0.941 bits per heavy atom. The van der Waals surface area contributed by atoms with Gasteiger partial charge in [-0.15, -0.1) is 6.58 Å². The Hall–Kier alpha value is -1.96. The number of nitrogens with zero attached hydrogens (tertiary/aromatic N) is 2. The molecule has 0 saturated heterocycles. The molecule has 17 heavy (non-hydrogen) atoms. The lowest BCUT2D eigenvalue weighted by atomic mass is 10.2. The van der Waals surface area contributed by atoms with Gasteiger partial charge in [0.2, 0.25) is 13.1 Å². The molecule has 0 atom stereocenters. The van der Waals surface area contributed by atoms with Crippen molar-refractivity contribution in [3.8, 4) is 11.4 Å². The monoisotopic (exact) mass is 226 g/mol. The topological polar surface area (TPSA) is 7.76 Å². The number of hydrogen-bond donors (Lipinski definition) is 0. The smallest absolute Gasteiger partial charge is 0.187 e. The van der Waals surface area contributed by atoms with Crippen LogP contribution >= 0.6 is 0 Å². The maximum Gasteiger partial charge on any atom is 0.277 e. The normalized spacial score (nSPS) is 11.6. The third kappa shape index (κ3) is 2.41. The van der Waals surface area contributed by atoms with Gasteiger partial charge >= 0.3 is 0 Å². The van der Waals surface area contributed by atoms with E-state index in [1.165, 1.54) is 11.4 Å². The Labute approximate surface area is 102 Å². The van der Waals surface area contributed by atoms with E-state index in [2.05, 4.69) is 64.5 Å². The fourth-order valence-electron chi connectivity index (χ4n) is 2.02. The van der Waals surface area contributed by atoms with Gasteiger partial charge < -0.3 is 0 Å². The molecule has 0 N–H and O–H groups in total. The molecule has 0 radical (unpaired) electrons. The summed E-state index contributed by atoms with van der Waals surface area (Å²) in [5.41, 5.74) is 2.61. The van der Waals surface area contributed by atoms with E-state index in [-0.39, 0.29) is 0 Å². The van der Waals surface area contributed by atoms with Gasteiger partial charge in [0.1, 0.15) is 0 Å². The first kappa shape index (κ1) is 11.5. The van der Waals surface area contributed by atoms with E-state index in [0.29, 0.717) is 0 Å². The number of fused-ring (bicyclic) bond motifs is 3. The van der Waals surface area contributed by atoms with Crippen LogP contribution < -0.4 is 9.13 Å². The number of allylic oxidation sites excluding steroid dienone is 1. The predicted octanol–water partition coefficient (Wildman–Crippen LogP) is 2.13. The number of pyridine rings is 2. The highest BCUT2D eigenvalue weighted by atomic mass is 15.1. The maximum absolute atomic E-state index is 3.36. The van der Waals surface area contributed by atoms with Crippen molar-refractivity contribution in [2.24, 2.45) is 0 Å². The van der Waals surface area contributed by atoms with Crippen molar-refractivity contribution in [1.82, 2.24) is 0 Å². The highest BCUT2D eigenvalue weighted by molar-refractivity contribution is 5.46. The minimum Gasteiger partial charge on any atom is -0.187 e. The summed E-state index contributed by atoms with van der Waals surface area (Å²) in [7, 11) is 0. The van der Waals surface area contributed by atoms with E-state index in [4.69, 9.17) is 0 Å². The van der Waals surface area contributed by atoms with Gasteiger partial charge in [0.15, 0.2) is 12.4 Å². The molecule has 2 heteroatoms. The predicted molar refractivity (Wildman–Crippen MR) is 68.1 cm³/mol. The Morgan fingerprint density at radius 2 is 1.35 bits per heavy atom. The molecule has 0 amide bonds. The lowest BCUT2D eigenvalue weighted by Gasteiger charge is -2.08. The van der Waals surface area contributed by atoms with Crippen LogP contribution in [-0.2, 0) is 13.1 Å². The van der Waals surface area contributed by atoms with E-state index < -0.39 is 0 Å². The molecule has 2 aromatic heterocycles. The van der Waals surface area contributed by atoms with Crippen LogP contribution in [0.4, 0.5) is 0 Å². The highest BCUT2D eigenvalue weighted by Crippen LogP contribution is 2.11. The minimum atomic E-state index is 1.07. The summed E-state index contributed by atoms with van der Waals surface area (Å²) in [5, 5.41) is 0. The first-order chi connectivity index (χ1) is 8.36. The van der Waals surface area contributed by atoms with Gasteiger partial charge in [-0.2, -0.15) is 9.13 Å². The van der Waals surface area contributed by atoms with Crippen molar-refractivity contribution in [3.63, 3.8) is 0 Å². The van der Waals surface area contributed by atoms with Crippen LogP contribution in [0.3, 0.4) is 0 Å². The lowest BCUT2D eigenvalue weighted by Crippen LogP contribution is -2.52. The quantitative estimate of drug-likeness (QED) is 0.480. The third-order valence-corrected chi connectivity index (χ3v) is 2.73. The second-order valence-electron chi connectivity index (χ2n) is 3.97. The van der Waals surface area contributed by atoms with Crippen LogP contribution in [-0.4, -0.2) is 0 Å². The minimum absolute atomic E-state index is 1.07. The zero-order valence-electron chi connectivity index (χ0n) is 10.2. The number of aromatic nitrogens is 2. The van der Waals surface area contributed by atoms with Gasteiger partial charge in [-0.3, -0.25) is 0 Å². The molecule has 0 aromatic carbocycles. The van der Waals surface area contributed by atoms with Crippen molar-refractivity contribution >= 4 is 0 Å². The summed E-state index contributed by atoms with van der Waals surface area (Å²) >= 11 is 0. The van der Waals surface area contributed by atoms with Gasteiger partial charge in [0.25, 0.3) is 11.4 Å². The average Bonchev–Trinajstić information content (AvgIpc) is 2.40. The third-order valence-electron chi connectivity index (χ3n) is 2.73. The zero-order chi connectivity index (χ0) is 12.1. The van der Waals surface area contributed by atoms with Gasteiger partial charge in [0.05, 0.1) is 0 Å². The molecule has 0 fully saturated rings. The van der Waals surface area contributed by atoms with Crippen molar-refractivity contribution in [2.75, 3.05) is 0 Å². The highest BCUT2D eigenvalue weighted by Gasteiger charge is 2.27. The van der Waals surface area contributed by atoms with Gasteiger partial charge in [0, 0.05) is 24.3 Å². The van der Waals surface area contributed by atoms with Gasteiger partial charge in [-0.25, -0.2) is 0 Å². The number of hydrogen-bond acceptors (Lipinski definition) is 0. The molecule has 0 unspecified atom stereocenters. The Kier molecular flexibility index (Phi) is 3.66. The lowest BCUT2D eigenvalue weighted by molar-refractivity contribution is -0.794. The van der Waals surface area contributed by atoms with E-state index >= 15 is 0 Å². The first-order valence-corrected chi connectivity index (χ1v) is 5.91. The summed E-state index contributed by atoms with van der Waals surface area (Å²) in [6.07, 6.45) is 6.04. The van der Waals surface area contributed by atoms with Crippen LogP contribution in [0.5, 0.6) is 0 Å². The second kappa shape index (κ2) is 5.39. The van der Waals surface area contributed by atoms with Crippen LogP contribution in [0.1, 0.15) is 6.92 Å². The standard InChI is InChI=1S/C12H12N2.C3H6/c1-3-7-13-9-10-14-8-4-2-6-12(14)11(13)5-1;1-3-2/h1-8H,9-10H2;3H,1H2,2H3/q+2;. The van der Waals surface area contributed by atoms with E-state index in [0.717, 1.165) is 13.1 Å². The Balaban J connectivity index is 0.000000329. The summed E-state index contributed by atoms with van der Waals surface area (Å²) in [5.74, 6) is 0. The van der Waals surface area contributed by atoms with E-state index in [1.807, 2.05) is 6.92 Å².